The summed E-state index contributed by atoms with van der Waals surface area (Å²) in [6.45, 7) is 2.11. The van der Waals surface area contributed by atoms with E-state index < -0.39 is 0 Å². The molecule has 3 aromatic rings. The number of rotatable bonds is 3. The number of aromatic nitrogens is 2. The lowest BCUT2D eigenvalue weighted by molar-refractivity contribution is 0.813. The number of aryl methyl sites for hydroxylation is 1. The molecule has 2 atom stereocenters. The van der Waals surface area contributed by atoms with E-state index in [1.165, 1.54) is 26.8 Å². The number of hydrogen-bond donors (Lipinski definition) is 1. The maximum atomic E-state index is 12.0. The van der Waals surface area contributed by atoms with Crippen LogP contribution in [0.5, 0.6) is 0 Å². The predicted octanol–water partition coefficient (Wildman–Crippen LogP) is 3.61. The molecule has 4 heteroatoms. The average Bonchev–Trinajstić information content (AvgIpc) is 3.40. The van der Waals surface area contributed by atoms with Crippen molar-refractivity contribution in [3.05, 3.63) is 81.8 Å². The van der Waals surface area contributed by atoms with E-state index >= 15 is 0 Å². The molecule has 1 aliphatic rings. The molecule has 0 amide bonds. The Bertz CT molecular complexity index is 1010. The molecule has 25 heavy (non-hydrogen) atoms. The Kier molecular flexibility index (Phi) is 3.68. The summed E-state index contributed by atoms with van der Waals surface area (Å²) in [5.74, 6) is 0.967. The van der Waals surface area contributed by atoms with Crippen molar-refractivity contribution >= 4 is 5.95 Å². The topological polar surface area (TPSA) is 60.9 Å². The summed E-state index contributed by atoms with van der Waals surface area (Å²) in [6.07, 6.45) is 1.01. The van der Waals surface area contributed by atoms with Crippen molar-refractivity contribution in [2.75, 3.05) is 5.73 Å². The quantitative estimate of drug-likeness (QED) is 0.797. The van der Waals surface area contributed by atoms with Crippen molar-refractivity contribution in [1.29, 1.82) is 0 Å². The minimum Gasteiger partial charge on any atom is -0.369 e. The maximum Gasteiger partial charge on any atom is 0.254 e. The Morgan fingerprint density at radius 2 is 1.76 bits per heavy atom. The standard InChI is InChI=1S/C21H21N3O/c1-13-5-3-6-14(9-13)15-7-4-8-16(10-15)17-11-18(17)19-12-20(25)24(2)21(22)23-19/h3-10,12,17-18H,11H2,1-2H3,(H2,22,23)/t17-,18-/m0/s1. The minimum atomic E-state index is -0.0957. The Balaban J connectivity index is 1.62. The molecule has 1 aromatic heterocycles. The molecule has 4 rings (SSSR count). The average molecular weight is 331 g/mol. The fourth-order valence-electron chi connectivity index (χ4n) is 3.43. The van der Waals surface area contributed by atoms with Gasteiger partial charge in [0.05, 0.1) is 5.69 Å². The summed E-state index contributed by atoms with van der Waals surface area (Å²) < 4.78 is 1.37. The third-order valence-corrected chi connectivity index (χ3v) is 5.03. The second kappa shape index (κ2) is 5.88. The maximum absolute atomic E-state index is 12.0. The van der Waals surface area contributed by atoms with Crippen molar-refractivity contribution in [3.8, 4) is 11.1 Å². The summed E-state index contributed by atoms with van der Waals surface area (Å²) in [7, 11) is 1.64. The lowest BCUT2D eigenvalue weighted by atomic mass is 9.99. The highest BCUT2D eigenvalue weighted by Gasteiger charge is 2.41. The van der Waals surface area contributed by atoms with Crippen LogP contribution in [0.15, 0.2) is 59.4 Å². The molecule has 1 saturated carbocycles. The summed E-state index contributed by atoms with van der Waals surface area (Å²) in [6, 6.07) is 18.8. The van der Waals surface area contributed by atoms with Crippen LogP contribution in [0.25, 0.3) is 11.1 Å². The van der Waals surface area contributed by atoms with Gasteiger partial charge < -0.3 is 5.73 Å². The first-order chi connectivity index (χ1) is 12.0. The number of nitrogen functional groups attached to an aromatic ring is 1. The van der Waals surface area contributed by atoms with Crippen LogP contribution in [-0.2, 0) is 7.05 Å². The van der Waals surface area contributed by atoms with Crippen LogP contribution >= 0.6 is 0 Å². The molecule has 1 fully saturated rings. The molecule has 1 heterocycles. The van der Waals surface area contributed by atoms with Crippen molar-refractivity contribution < 1.29 is 0 Å². The molecule has 0 bridgehead atoms. The number of nitrogens with zero attached hydrogens (tertiary/aromatic N) is 2. The summed E-state index contributed by atoms with van der Waals surface area (Å²) in [5.41, 5.74) is 11.6. The third-order valence-electron chi connectivity index (χ3n) is 5.03. The second-order valence-electron chi connectivity index (χ2n) is 6.88. The summed E-state index contributed by atoms with van der Waals surface area (Å²) in [4.78, 5) is 16.4. The second-order valence-corrected chi connectivity index (χ2v) is 6.88. The number of benzene rings is 2. The molecule has 0 unspecified atom stereocenters. The summed E-state index contributed by atoms with van der Waals surface area (Å²) >= 11 is 0. The lowest BCUT2D eigenvalue weighted by Gasteiger charge is -2.07. The van der Waals surface area contributed by atoms with E-state index in [1.807, 2.05) is 0 Å². The van der Waals surface area contributed by atoms with E-state index in [2.05, 4.69) is 60.4 Å². The van der Waals surface area contributed by atoms with Crippen LogP contribution in [0.2, 0.25) is 0 Å². The van der Waals surface area contributed by atoms with Gasteiger partial charge in [0.25, 0.3) is 5.56 Å². The molecule has 1 aliphatic carbocycles. The summed E-state index contributed by atoms with van der Waals surface area (Å²) in [5, 5.41) is 0. The van der Waals surface area contributed by atoms with E-state index in [-0.39, 0.29) is 17.4 Å². The molecule has 0 spiro atoms. The first kappa shape index (κ1) is 15.6. The zero-order chi connectivity index (χ0) is 17.6. The van der Waals surface area contributed by atoms with Gasteiger partial charge in [0.1, 0.15) is 0 Å². The van der Waals surface area contributed by atoms with Crippen LogP contribution in [0, 0.1) is 6.92 Å². The zero-order valence-electron chi connectivity index (χ0n) is 14.4. The van der Waals surface area contributed by atoms with E-state index in [0.29, 0.717) is 5.92 Å². The normalized spacial score (nSPS) is 19.0. The minimum absolute atomic E-state index is 0.0957. The number of anilines is 1. The Morgan fingerprint density at radius 3 is 2.48 bits per heavy atom. The molecule has 2 N–H and O–H groups in total. The van der Waals surface area contributed by atoms with Crippen LogP contribution < -0.4 is 11.3 Å². The first-order valence-corrected chi connectivity index (χ1v) is 8.53. The monoisotopic (exact) mass is 331 g/mol. The lowest BCUT2D eigenvalue weighted by Crippen LogP contribution is -2.21. The van der Waals surface area contributed by atoms with Crippen LogP contribution in [0.4, 0.5) is 5.95 Å². The van der Waals surface area contributed by atoms with Gasteiger partial charge in [-0.05, 0) is 36.0 Å². The SMILES string of the molecule is Cc1cccc(-c2cccc([C@@H]3C[C@@H]3c3cc(=O)n(C)c(N)n3)c2)c1. The van der Waals surface area contributed by atoms with Crippen molar-refractivity contribution in [2.24, 2.45) is 7.05 Å². The van der Waals surface area contributed by atoms with Gasteiger partial charge in [-0.2, -0.15) is 0 Å². The van der Waals surface area contributed by atoms with E-state index in [4.69, 9.17) is 5.73 Å². The van der Waals surface area contributed by atoms with Crippen molar-refractivity contribution in [3.63, 3.8) is 0 Å². The smallest absolute Gasteiger partial charge is 0.254 e. The number of hydrogen-bond acceptors (Lipinski definition) is 3. The predicted molar refractivity (Wildman–Crippen MR) is 101 cm³/mol. The fourth-order valence-corrected chi connectivity index (χ4v) is 3.43. The highest BCUT2D eigenvalue weighted by Crippen LogP contribution is 2.54. The van der Waals surface area contributed by atoms with E-state index in [1.54, 1.807) is 13.1 Å². The van der Waals surface area contributed by atoms with Gasteiger partial charge >= 0.3 is 0 Å². The molecule has 2 aromatic carbocycles. The van der Waals surface area contributed by atoms with Gasteiger partial charge in [-0.3, -0.25) is 9.36 Å². The highest BCUT2D eigenvalue weighted by atomic mass is 16.1. The zero-order valence-corrected chi connectivity index (χ0v) is 14.4. The Morgan fingerprint density at radius 1 is 1.04 bits per heavy atom. The van der Waals surface area contributed by atoms with Gasteiger partial charge in [0.2, 0.25) is 5.95 Å². The molecule has 0 radical (unpaired) electrons. The highest BCUT2D eigenvalue weighted by molar-refractivity contribution is 5.65. The molecule has 0 aliphatic heterocycles. The molecule has 4 nitrogen and oxygen atoms in total. The first-order valence-electron chi connectivity index (χ1n) is 8.53. The Labute approximate surface area is 147 Å². The van der Waals surface area contributed by atoms with Crippen LogP contribution in [-0.4, -0.2) is 9.55 Å². The molecular formula is C21H21N3O. The van der Waals surface area contributed by atoms with Gasteiger partial charge in [-0.15, -0.1) is 0 Å². The molecular weight excluding hydrogens is 310 g/mol. The van der Waals surface area contributed by atoms with Crippen LogP contribution in [0.3, 0.4) is 0 Å². The van der Waals surface area contributed by atoms with Crippen molar-refractivity contribution in [2.45, 2.75) is 25.2 Å². The molecule has 126 valence electrons. The molecule has 0 saturated heterocycles. The van der Waals surface area contributed by atoms with Crippen LogP contribution in [0.1, 0.15) is 35.1 Å². The van der Waals surface area contributed by atoms with Gasteiger partial charge in [0.15, 0.2) is 0 Å². The third kappa shape index (κ3) is 2.95. The van der Waals surface area contributed by atoms with Gasteiger partial charge in [-0.25, -0.2) is 4.98 Å². The van der Waals surface area contributed by atoms with Gasteiger partial charge in [0, 0.05) is 19.0 Å². The number of nitrogens with two attached hydrogens (primary N) is 1. The Hall–Kier alpha value is -2.88. The van der Waals surface area contributed by atoms with E-state index in [0.717, 1.165) is 12.1 Å². The van der Waals surface area contributed by atoms with Gasteiger partial charge in [-0.1, -0.05) is 54.1 Å². The fraction of sp³-hybridized carbons (Fsp3) is 0.238. The van der Waals surface area contributed by atoms with E-state index in [9.17, 15) is 4.79 Å². The largest absolute Gasteiger partial charge is 0.369 e. The van der Waals surface area contributed by atoms with Crippen molar-refractivity contribution in [1.82, 2.24) is 9.55 Å².